The van der Waals surface area contributed by atoms with E-state index in [0.29, 0.717) is 0 Å². The zero-order valence-electron chi connectivity index (χ0n) is 21.6. The van der Waals surface area contributed by atoms with E-state index in [0.717, 1.165) is 24.3 Å². The van der Waals surface area contributed by atoms with E-state index < -0.39 is 21.1 Å². The van der Waals surface area contributed by atoms with Crippen molar-refractivity contribution >= 4 is 23.5 Å². The molecule has 0 heterocycles. The first kappa shape index (κ1) is 26.6. The van der Waals surface area contributed by atoms with Gasteiger partial charge < -0.3 is 0 Å². The number of rotatable bonds is 8. The van der Waals surface area contributed by atoms with Gasteiger partial charge in [-0.2, -0.15) is 0 Å². The summed E-state index contributed by atoms with van der Waals surface area (Å²) in [6, 6.07) is 17.1. The number of hydrogen-bond donors (Lipinski definition) is 0. The first-order chi connectivity index (χ1) is 16.5. The molecule has 2 aromatic carbocycles. The van der Waals surface area contributed by atoms with Gasteiger partial charge >= 0.3 is 227 Å². The van der Waals surface area contributed by atoms with Crippen LogP contribution in [0.3, 0.4) is 0 Å². The SMILES string of the molecule is CC(C)(C)Sc1ccc([O][Zr]([O]c2ccc(SC(C)(C)C)cc2)([C]2=CC=CC2)[C]2=CC=CC2)cc1. The van der Waals surface area contributed by atoms with Crippen molar-refractivity contribution in [1.82, 2.24) is 0 Å². The summed E-state index contributed by atoms with van der Waals surface area (Å²) in [5.74, 6) is 1.78. The Morgan fingerprint density at radius 3 is 1.26 bits per heavy atom. The number of thioether (sulfide) groups is 2. The van der Waals surface area contributed by atoms with Gasteiger partial charge in [-0.3, -0.25) is 0 Å². The van der Waals surface area contributed by atoms with Gasteiger partial charge in [0.05, 0.1) is 0 Å². The molecule has 0 atom stereocenters. The molecule has 0 aromatic heterocycles. The number of hydrogen-bond acceptors (Lipinski definition) is 4. The average Bonchev–Trinajstić information content (AvgIpc) is 3.49. The Balaban J connectivity index is 1.66. The molecule has 184 valence electrons. The van der Waals surface area contributed by atoms with Crippen molar-refractivity contribution in [1.29, 1.82) is 0 Å². The van der Waals surface area contributed by atoms with Crippen molar-refractivity contribution < 1.29 is 26.8 Å². The molecule has 0 saturated carbocycles. The predicted molar refractivity (Wildman–Crippen MR) is 149 cm³/mol. The van der Waals surface area contributed by atoms with Gasteiger partial charge in [-0.05, 0) is 0 Å². The summed E-state index contributed by atoms with van der Waals surface area (Å²) in [5, 5.41) is 0. The fourth-order valence-electron chi connectivity index (χ4n) is 4.06. The van der Waals surface area contributed by atoms with E-state index in [4.69, 9.17) is 5.63 Å². The van der Waals surface area contributed by atoms with Crippen molar-refractivity contribution in [2.75, 3.05) is 0 Å². The Labute approximate surface area is 225 Å². The summed E-state index contributed by atoms with van der Waals surface area (Å²) in [4.78, 5) is 2.50. The zero-order chi connectivity index (χ0) is 25.1. The summed E-state index contributed by atoms with van der Waals surface area (Å²) in [6.45, 7) is 13.4. The van der Waals surface area contributed by atoms with E-state index >= 15 is 0 Å². The molecule has 0 aliphatic heterocycles. The third kappa shape index (κ3) is 7.31. The first-order valence-corrected chi connectivity index (χ1v) is 18.3. The summed E-state index contributed by atoms with van der Waals surface area (Å²) in [6.07, 6.45) is 14.9. The molecule has 35 heavy (non-hydrogen) atoms. The maximum atomic E-state index is 7.03. The molecule has 5 heteroatoms. The van der Waals surface area contributed by atoms with Gasteiger partial charge in [0.1, 0.15) is 0 Å². The average molecular weight is 584 g/mol. The van der Waals surface area contributed by atoms with Crippen LogP contribution in [0.15, 0.2) is 101 Å². The van der Waals surface area contributed by atoms with E-state index in [-0.39, 0.29) is 9.49 Å². The first-order valence-electron chi connectivity index (χ1n) is 12.2. The Hall–Kier alpha value is -1.42. The third-order valence-electron chi connectivity index (χ3n) is 5.41. The van der Waals surface area contributed by atoms with Gasteiger partial charge in [-0.25, -0.2) is 0 Å². The van der Waals surface area contributed by atoms with Gasteiger partial charge in [0.15, 0.2) is 0 Å². The summed E-state index contributed by atoms with van der Waals surface area (Å²) in [5.41, 5.74) is 0. The van der Waals surface area contributed by atoms with Gasteiger partial charge in [-0.15, -0.1) is 0 Å². The Morgan fingerprint density at radius 1 is 0.600 bits per heavy atom. The van der Waals surface area contributed by atoms with E-state index in [1.54, 1.807) is 0 Å². The molecule has 0 unspecified atom stereocenters. The summed E-state index contributed by atoms with van der Waals surface area (Å²) >= 11 is -0.217. The second-order valence-electron chi connectivity index (χ2n) is 10.8. The zero-order valence-corrected chi connectivity index (χ0v) is 25.7. The Kier molecular flexibility index (Phi) is 8.30. The Morgan fingerprint density at radius 2 is 0.971 bits per heavy atom. The minimum atomic E-state index is -3.96. The van der Waals surface area contributed by atoms with Crippen LogP contribution in [0.1, 0.15) is 54.4 Å². The second kappa shape index (κ2) is 10.9. The molecule has 0 fully saturated rings. The van der Waals surface area contributed by atoms with Crippen molar-refractivity contribution in [3.05, 3.63) is 91.5 Å². The van der Waals surface area contributed by atoms with Crippen molar-refractivity contribution in [2.24, 2.45) is 0 Å². The van der Waals surface area contributed by atoms with Crippen LogP contribution >= 0.6 is 23.5 Å². The van der Waals surface area contributed by atoms with Crippen LogP contribution in [0.2, 0.25) is 0 Å². The van der Waals surface area contributed by atoms with Crippen LogP contribution < -0.4 is 5.63 Å². The summed E-state index contributed by atoms with van der Waals surface area (Å²) in [7, 11) is 0. The van der Waals surface area contributed by atoms with Crippen LogP contribution in [-0.4, -0.2) is 9.49 Å². The molecule has 0 radical (unpaired) electrons. The molecule has 0 saturated heterocycles. The molecule has 4 rings (SSSR count). The number of allylic oxidation sites excluding steroid dienone is 8. The fraction of sp³-hybridized carbons (Fsp3) is 0.333. The predicted octanol–water partition coefficient (Wildman–Crippen LogP) is 9.60. The van der Waals surface area contributed by atoms with Gasteiger partial charge in [0.25, 0.3) is 0 Å². The standard InChI is InChI=1S/2C10H14OS.2C5H5.Zr/c2*1-10(2,3)12-9-6-4-8(11)5-7-9;2*1-2-4-5-3-1;/h2*4-7,11H,1-3H3;2*1-3H,4H2;/q;;;;+2/p-2. The Bertz CT molecular complexity index is 1050. The van der Waals surface area contributed by atoms with Crippen LogP contribution in [-0.2, 0) is 21.1 Å². The van der Waals surface area contributed by atoms with Gasteiger partial charge in [0, 0.05) is 0 Å². The van der Waals surface area contributed by atoms with Crippen molar-refractivity contribution in [3.63, 3.8) is 0 Å². The maximum absolute atomic E-state index is 7.03. The molecule has 2 aromatic rings. The van der Waals surface area contributed by atoms with E-state index in [2.05, 4.69) is 127 Å². The quantitative estimate of drug-likeness (QED) is 0.288. The van der Waals surface area contributed by atoms with E-state index in [1.807, 2.05) is 23.5 Å². The monoisotopic (exact) mass is 582 g/mol. The third-order valence-corrected chi connectivity index (χ3v) is 16.2. The van der Waals surface area contributed by atoms with Crippen LogP contribution in [0, 0.1) is 0 Å². The van der Waals surface area contributed by atoms with Crippen molar-refractivity contribution in [3.8, 4) is 11.5 Å². The molecule has 0 spiro atoms. The van der Waals surface area contributed by atoms with Gasteiger partial charge in [0.2, 0.25) is 0 Å². The molecule has 0 N–H and O–H groups in total. The second-order valence-corrected chi connectivity index (χ2v) is 21.8. The molecule has 2 aliphatic carbocycles. The van der Waals surface area contributed by atoms with E-state index in [9.17, 15) is 0 Å². The van der Waals surface area contributed by atoms with E-state index in [1.165, 1.54) is 16.4 Å². The van der Waals surface area contributed by atoms with Crippen molar-refractivity contribution in [2.45, 2.75) is 73.7 Å². The minimum absolute atomic E-state index is 0.173. The number of benzene rings is 2. The topological polar surface area (TPSA) is 18.5 Å². The molecule has 2 aliphatic rings. The van der Waals surface area contributed by atoms with Gasteiger partial charge in [-0.1, -0.05) is 0 Å². The molecule has 0 amide bonds. The van der Waals surface area contributed by atoms with Crippen LogP contribution in [0.4, 0.5) is 0 Å². The molecular formula is C30H36O2S2Zr. The molecule has 0 bridgehead atoms. The molecule has 2 nitrogen and oxygen atoms in total. The van der Waals surface area contributed by atoms with Crippen LogP contribution in [0.25, 0.3) is 0 Å². The molecular weight excluding hydrogens is 548 g/mol. The fourth-order valence-corrected chi connectivity index (χ4v) is 14.2. The normalized spacial score (nSPS) is 15.8. The summed E-state index contributed by atoms with van der Waals surface area (Å²) < 4.78 is 17.0. The van der Waals surface area contributed by atoms with Crippen LogP contribution in [0.5, 0.6) is 11.5 Å².